The number of nitrogens with one attached hydrogen (secondary N) is 1. The zero-order valence-corrected chi connectivity index (χ0v) is 12.3. The molecule has 0 heterocycles. The summed E-state index contributed by atoms with van der Waals surface area (Å²) in [5.74, 6) is -0.918. The van der Waals surface area contributed by atoms with E-state index in [0.717, 1.165) is 0 Å². The molecule has 5 nitrogen and oxygen atoms in total. The van der Waals surface area contributed by atoms with Crippen LogP contribution in [0.1, 0.15) is 27.7 Å². The molecule has 6 heteroatoms. The average molecular weight is 261 g/mol. The van der Waals surface area contributed by atoms with Crippen LogP contribution in [0.25, 0.3) is 0 Å². The van der Waals surface area contributed by atoms with Gasteiger partial charge in [0.1, 0.15) is 15.6 Å². The molecular weight excluding hydrogens is 236 g/mol. The molecule has 0 aliphatic heterocycles. The smallest absolute Gasteiger partial charge is 0.204 e. The van der Waals surface area contributed by atoms with E-state index in [1.54, 1.807) is 0 Å². The lowest BCUT2D eigenvalue weighted by atomic mass is 10.2. The van der Waals surface area contributed by atoms with E-state index in [-0.39, 0.29) is 0 Å². The largest absolute Gasteiger partial charge is 0.360 e. The Morgan fingerprint density at radius 3 is 1.88 bits per heavy atom. The lowest BCUT2D eigenvalue weighted by Gasteiger charge is -2.45. The van der Waals surface area contributed by atoms with E-state index in [4.69, 9.17) is 19.9 Å². The molecule has 0 aliphatic carbocycles. The van der Waals surface area contributed by atoms with Gasteiger partial charge >= 0.3 is 0 Å². The topological polar surface area (TPSA) is 65.7 Å². The molecule has 0 aromatic carbocycles. The lowest BCUT2D eigenvalue weighted by molar-refractivity contribution is -0.301. The molecule has 0 saturated heterocycles. The molecule has 0 aromatic rings. The van der Waals surface area contributed by atoms with Crippen LogP contribution in [0.4, 0.5) is 0 Å². The second kappa shape index (κ2) is 8.18. The number of ether oxygens (including phenoxy) is 3. The van der Waals surface area contributed by atoms with Crippen molar-refractivity contribution in [3.8, 4) is 0 Å². The average Bonchev–Trinajstić information content (AvgIpc) is 2.27. The molecular formula is C11H25N2O3Si. The van der Waals surface area contributed by atoms with Crippen molar-refractivity contribution in [2.24, 2.45) is 5.73 Å². The summed E-state index contributed by atoms with van der Waals surface area (Å²) in [4.78, 5) is 0. The van der Waals surface area contributed by atoms with Gasteiger partial charge in [0.2, 0.25) is 5.79 Å². The standard InChI is InChI=1S/C11H25N2O3Si/c1-5-14-10(4,15-6-2)11(17,16-7-3)13-9-8-12/h13H,5-9,12H2,1-4H3. The van der Waals surface area contributed by atoms with Crippen LogP contribution in [-0.2, 0) is 14.2 Å². The number of nitrogens with two attached hydrogens (primary N) is 1. The van der Waals surface area contributed by atoms with Crippen LogP contribution in [-0.4, -0.2) is 54.3 Å². The maximum absolute atomic E-state index is 5.70. The van der Waals surface area contributed by atoms with Crippen molar-refractivity contribution in [1.29, 1.82) is 0 Å². The van der Waals surface area contributed by atoms with E-state index < -0.39 is 11.1 Å². The van der Waals surface area contributed by atoms with E-state index in [0.29, 0.717) is 32.9 Å². The Labute approximate surface area is 108 Å². The summed E-state index contributed by atoms with van der Waals surface area (Å²) < 4.78 is 17.1. The molecule has 0 rings (SSSR count). The van der Waals surface area contributed by atoms with Crippen molar-refractivity contribution in [2.45, 2.75) is 38.8 Å². The van der Waals surface area contributed by atoms with Crippen molar-refractivity contribution in [1.82, 2.24) is 5.32 Å². The molecule has 0 amide bonds. The van der Waals surface area contributed by atoms with Gasteiger partial charge in [0, 0.05) is 32.9 Å². The minimum absolute atomic E-state index is 0.508. The van der Waals surface area contributed by atoms with Gasteiger partial charge in [0.15, 0.2) is 0 Å². The van der Waals surface area contributed by atoms with Crippen molar-refractivity contribution in [2.75, 3.05) is 32.9 Å². The van der Waals surface area contributed by atoms with E-state index >= 15 is 0 Å². The Morgan fingerprint density at radius 2 is 1.53 bits per heavy atom. The molecule has 0 aromatic heterocycles. The number of hydrogen-bond donors (Lipinski definition) is 2. The highest BCUT2D eigenvalue weighted by molar-refractivity contribution is 6.15. The van der Waals surface area contributed by atoms with Gasteiger partial charge in [-0.05, 0) is 27.7 Å². The van der Waals surface area contributed by atoms with Gasteiger partial charge in [-0.2, -0.15) is 0 Å². The summed E-state index contributed by atoms with van der Waals surface area (Å²) >= 11 is 0. The van der Waals surface area contributed by atoms with Crippen molar-refractivity contribution < 1.29 is 14.2 Å². The van der Waals surface area contributed by atoms with Gasteiger partial charge < -0.3 is 19.9 Å². The fraction of sp³-hybridized carbons (Fsp3) is 1.00. The molecule has 1 unspecified atom stereocenters. The molecule has 0 spiro atoms. The summed E-state index contributed by atoms with van der Waals surface area (Å²) in [5.41, 5.74) is 5.50. The maximum atomic E-state index is 5.70. The highest BCUT2D eigenvalue weighted by Gasteiger charge is 2.47. The fourth-order valence-corrected chi connectivity index (χ4v) is 2.02. The third kappa shape index (κ3) is 4.65. The molecule has 101 valence electrons. The van der Waals surface area contributed by atoms with Crippen molar-refractivity contribution in [3.63, 3.8) is 0 Å². The Balaban J connectivity index is 4.90. The van der Waals surface area contributed by atoms with Crippen LogP contribution in [0.15, 0.2) is 0 Å². The Morgan fingerprint density at radius 1 is 1.06 bits per heavy atom. The van der Waals surface area contributed by atoms with Gasteiger partial charge in [-0.3, -0.25) is 5.32 Å². The first-order chi connectivity index (χ1) is 7.99. The lowest BCUT2D eigenvalue weighted by Crippen LogP contribution is -2.67. The van der Waals surface area contributed by atoms with E-state index in [2.05, 4.69) is 15.6 Å². The number of rotatable bonds is 10. The van der Waals surface area contributed by atoms with Gasteiger partial charge in [-0.25, -0.2) is 0 Å². The highest BCUT2D eigenvalue weighted by atomic mass is 28.1. The van der Waals surface area contributed by atoms with Crippen molar-refractivity contribution in [3.05, 3.63) is 0 Å². The van der Waals surface area contributed by atoms with E-state index in [1.807, 2.05) is 27.7 Å². The Kier molecular flexibility index (Phi) is 8.19. The molecule has 3 radical (unpaired) electrons. The van der Waals surface area contributed by atoms with Gasteiger partial charge in [0.05, 0.1) is 0 Å². The van der Waals surface area contributed by atoms with Crippen LogP contribution in [0.2, 0.25) is 0 Å². The van der Waals surface area contributed by atoms with Gasteiger partial charge in [0.25, 0.3) is 0 Å². The SMILES string of the molecule is CCOC([Si])(NCCN)C(C)(OCC)OCC. The molecule has 0 bridgehead atoms. The van der Waals surface area contributed by atoms with Crippen LogP contribution in [0.5, 0.6) is 0 Å². The molecule has 0 saturated carbocycles. The molecule has 3 N–H and O–H groups in total. The Bertz CT molecular complexity index is 201. The summed E-state index contributed by atoms with van der Waals surface area (Å²) in [5, 5.41) is 2.26. The predicted octanol–water partition coefficient (Wildman–Crippen LogP) is 0.183. The minimum atomic E-state index is -0.918. The third-order valence-electron chi connectivity index (χ3n) is 2.36. The summed E-state index contributed by atoms with van der Waals surface area (Å²) in [7, 11) is 3.59. The number of hydrogen-bond acceptors (Lipinski definition) is 5. The second-order valence-corrected chi connectivity index (χ2v) is 4.35. The van der Waals surface area contributed by atoms with Crippen LogP contribution in [0, 0.1) is 0 Å². The molecule has 17 heavy (non-hydrogen) atoms. The quantitative estimate of drug-likeness (QED) is 0.434. The predicted molar refractivity (Wildman–Crippen MR) is 68.8 cm³/mol. The minimum Gasteiger partial charge on any atom is -0.360 e. The zero-order chi connectivity index (χ0) is 13.4. The normalized spacial score (nSPS) is 15.9. The van der Waals surface area contributed by atoms with Crippen LogP contribution < -0.4 is 11.1 Å². The van der Waals surface area contributed by atoms with Gasteiger partial charge in [-0.15, -0.1) is 0 Å². The first-order valence-electron chi connectivity index (χ1n) is 6.11. The molecule has 0 aliphatic rings. The van der Waals surface area contributed by atoms with E-state index in [9.17, 15) is 0 Å². The highest BCUT2D eigenvalue weighted by Crippen LogP contribution is 2.26. The van der Waals surface area contributed by atoms with Gasteiger partial charge in [-0.1, -0.05) is 0 Å². The van der Waals surface area contributed by atoms with Crippen LogP contribution in [0.3, 0.4) is 0 Å². The molecule has 1 atom stereocenters. The Hall–Kier alpha value is 0.0169. The summed E-state index contributed by atoms with van der Waals surface area (Å²) in [6.07, 6.45) is 0. The summed E-state index contributed by atoms with van der Waals surface area (Å²) in [6, 6.07) is 0. The third-order valence-corrected chi connectivity index (χ3v) is 3.13. The second-order valence-electron chi connectivity index (χ2n) is 3.64. The van der Waals surface area contributed by atoms with Crippen molar-refractivity contribution >= 4 is 10.2 Å². The fourth-order valence-electron chi connectivity index (χ4n) is 1.60. The van der Waals surface area contributed by atoms with E-state index in [1.165, 1.54) is 0 Å². The first kappa shape index (κ1) is 17.0. The monoisotopic (exact) mass is 261 g/mol. The molecule has 0 fully saturated rings. The maximum Gasteiger partial charge on any atom is 0.204 e. The first-order valence-corrected chi connectivity index (χ1v) is 6.61. The van der Waals surface area contributed by atoms with Crippen LogP contribution >= 0.6 is 0 Å². The zero-order valence-electron chi connectivity index (χ0n) is 11.3. The summed E-state index contributed by atoms with van der Waals surface area (Å²) in [6.45, 7) is 10.3.